The fraction of sp³-hybridized carbons (Fsp3) is 0.200. The van der Waals surface area contributed by atoms with E-state index in [0.717, 1.165) is 11.1 Å². The smallest absolute Gasteiger partial charge is 0.224 e. The molecule has 0 aliphatic rings. The van der Waals surface area contributed by atoms with Gasteiger partial charge in [-0.25, -0.2) is 0 Å². The number of amides is 1. The highest BCUT2D eigenvalue weighted by Crippen LogP contribution is 2.04. The molecule has 0 aliphatic heterocycles. The molecule has 0 spiro atoms. The molecule has 0 saturated heterocycles. The van der Waals surface area contributed by atoms with Gasteiger partial charge in [0.2, 0.25) is 5.91 Å². The fourth-order valence-corrected chi connectivity index (χ4v) is 1.77. The van der Waals surface area contributed by atoms with E-state index in [1.54, 1.807) is 12.4 Å². The zero-order chi connectivity index (χ0) is 12.8. The predicted octanol–water partition coefficient (Wildman–Crippen LogP) is 2.25. The molecule has 1 aromatic heterocycles. The zero-order valence-corrected chi connectivity index (χ0v) is 10.4. The summed E-state index contributed by atoms with van der Waals surface area (Å²) in [6.07, 6.45) is 3.87. The summed E-state index contributed by atoms with van der Waals surface area (Å²) in [5, 5.41) is 2.90. The monoisotopic (exact) mass is 240 g/mol. The number of carbonyl (C=O) groups is 1. The van der Waals surface area contributed by atoms with E-state index in [4.69, 9.17) is 0 Å². The first-order chi connectivity index (χ1) is 8.74. The van der Waals surface area contributed by atoms with Gasteiger partial charge in [-0.15, -0.1) is 0 Å². The predicted molar refractivity (Wildman–Crippen MR) is 71.0 cm³/mol. The molecule has 0 saturated carbocycles. The lowest BCUT2D eigenvalue weighted by Crippen LogP contribution is -2.24. The zero-order valence-electron chi connectivity index (χ0n) is 10.4. The number of benzene rings is 1. The summed E-state index contributed by atoms with van der Waals surface area (Å²) in [6.45, 7) is 2.57. The van der Waals surface area contributed by atoms with Crippen molar-refractivity contribution in [3.63, 3.8) is 0 Å². The second kappa shape index (κ2) is 5.96. The van der Waals surface area contributed by atoms with Crippen LogP contribution in [0.2, 0.25) is 0 Å². The first-order valence-electron chi connectivity index (χ1n) is 5.95. The largest absolute Gasteiger partial charge is 0.352 e. The van der Waals surface area contributed by atoms with Crippen LogP contribution in [-0.4, -0.2) is 10.9 Å². The second-order valence-electron chi connectivity index (χ2n) is 4.30. The molecule has 0 radical (unpaired) electrons. The Hall–Kier alpha value is -2.16. The van der Waals surface area contributed by atoms with Gasteiger partial charge < -0.3 is 5.32 Å². The summed E-state index contributed by atoms with van der Waals surface area (Å²) in [5.41, 5.74) is 3.28. The third-order valence-corrected chi connectivity index (χ3v) is 2.69. The van der Waals surface area contributed by atoms with E-state index < -0.39 is 0 Å². The van der Waals surface area contributed by atoms with Crippen LogP contribution >= 0.6 is 0 Å². The molecule has 1 aromatic carbocycles. The first kappa shape index (κ1) is 12.3. The fourth-order valence-electron chi connectivity index (χ4n) is 1.77. The molecule has 1 N–H and O–H groups in total. The Labute approximate surface area is 107 Å². The van der Waals surface area contributed by atoms with E-state index in [-0.39, 0.29) is 5.91 Å². The van der Waals surface area contributed by atoms with Gasteiger partial charge in [0.25, 0.3) is 0 Å². The maximum absolute atomic E-state index is 11.8. The van der Waals surface area contributed by atoms with E-state index in [0.29, 0.717) is 13.0 Å². The maximum Gasteiger partial charge on any atom is 0.224 e. The van der Waals surface area contributed by atoms with Crippen LogP contribution in [-0.2, 0) is 17.8 Å². The standard InChI is InChI=1S/C15H16N2O/c1-12-3-2-4-14(9-12)10-15(18)17-11-13-5-7-16-8-6-13/h2-9H,10-11H2,1H3,(H,17,18). The third kappa shape index (κ3) is 3.70. The summed E-state index contributed by atoms with van der Waals surface area (Å²) in [7, 11) is 0. The van der Waals surface area contributed by atoms with Crippen molar-refractivity contribution in [2.24, 2.45) is 0 Å². The quantitative estimate of drug-likeness (QED) is 0.890. The van der Waals surface area contributed by atoms with Crippen molar-refractivity contribution in [2.75, 3.05) is 0 Å². The number of rotatable bonds is 4. The lowest BCUT2D eigenvalue weighted by atomic mass is 10.1. The van der Waals surface area contributed by atoms with Crippen molar-refractivity contribution in [2.45, 2.75) is 19.9 Å². The van der Waals surface area contributed by atoms with E-state index in [1.165, 1.54) is 5.56 Å². The van der Waals surface area contributed by atoms with Crippen molar-refractivity contribution in [3.8, 4) is 0 Å². The van der Waals surface area contributed by atoms with E-state index in [9.17, 15) is 4.79 Å². The van der Waals surface area contributed by atoms with Gasteiger partial charge in [-0.3, -0.25) is 9.78 Å². The molecule has 2 aromatic rings. The third-order valence-electron chi connectivity index (χ3n) is 2.69. The van der Waals surface area contributed by atoms with Gasteiger partial charge >= 0.3 is 0 Å². The number of nitrogens with zero attached hydrogens (tertiary/aromatic N) is 1. The Balaban J connectivity index is 1.86. The highest BCUT2D eigenvalue weighted by atomic mass is 16.1. The van der Waals surface area contributed by atoms with Crippen molar-refractivity contribution in [1.82, 2.24) is 10.3 Å². The molecule has 0 unspecified atom stereocenters. The summed E-state index contributed by atoms with van der Waals surface area (Å²) in [5.74, 6) is 0.0393. The van der Waals surface area contributed by atoms with Gasteiger partial charge in [0, 0.05) is 18.9 Å². The number of aromatic nitrogens is 1. The molecule has 3 nitrogen and oxygen atoms in total. The molecule has 1 heterocycles. The second-order valence-corrected chi connectivity index (χ2v) is 4.30. The van der Waals surface area contributed by atoms with Crippen LogP contribution in [0.15, 0.2) is 48.8 Å². The minimum absolute atomic E-state index is 0.0393. The highest BCUT2D eigenvalue weighted by molar-refractivity contribution is 5.78. The summed E-state index contributed by atoms with van der Waals surface area (Å²) in [4.78, 5) is 15.7. The van der Waals surface area contributed by atoms with Crippen molar-refractivity contribution in [1.29, 1.82) is 0 Å². The average molecular weight is 240 g/mol. The molecule has 0 fully saturated rings. The summed E-state index contributed by atoms with van der Waals surface area (Å²) >= 11 is 0. The van der Waals surface area contributed by atoms with Crippen LogP contribution in [0.3, 0.4) is 0 Å². The Morgan fingerprint density at radius 1 is 1.17 bits per heavy atom. The Bertz CT molecular complexity index is 523. The van der Waals surface area contributed by atoms with Crippen LogP contribution in [0.25, 0.3) is 0 Å². The van der Waals surface area contributed by atoms with E-state index in [2.05, 4.69) is 10.3 Å². The number of aryl methyl sites for hydroxylation is 1. The van der Waals surface area contributed by atoms with Crippen LogP contribution in [0.5, 0.6) is 0 Å². The molecule has 18 heavy (non-hydrogen) atoms. The molecule has 0 bridgehead atoms. The Morgan fingerprint density at radius 3 is 2.67 bits per heavy atom. The van der Waals surface area contributed by atoms with Crippen molar-refractivity contribution < 1.29 is 4.79 Å². The van der Waals surface area contributed by atoms with Crippen LogP contribution in [0.4, 0.5) is 0 Å². The topological polar surface area (TPSA) is 42.0 Å². The normalized spacial score (nSPS) is 10.1. The first-order valence-corrected chi connectivity index (χ1v) is 5.95. The lowest BCUT2D eigenvalue weighted by Gasteiger charge is -2.05. The van der Waals surface area contributed by atoms with Gasteiger partial charge in [0.05, 0.1) is 6.42 Å². The number of nitrogens with one attached hydrogen (secondary N) is 1. The molecule has 92 valence electrons. The summed E-state index contributed by atoms with van der Waals surface area (Å²) < 4.78 is 0. The highest BCUT2D eigenvalue weighted by Gasteiger charge is 2.03. The number of hydrogen-bond donors (Lipinski definition) is 1. The Morgan fingerprint density at radius 2 is 1.94 bits per heavy atom. The van der Waals surface area contributed by atoms with Crippen molar-refractivity contribution >= 4 is 5.91 Å². The van der Waals surface area contributed by atoms with Gasteiger partial charge in [-0.05, 0) is 30.2 Å². The minimum Gasteiger partial charge on any atom is -0.352 e. The molecular weight excluding hydrogens is 224 g/mol. The molecule has 0 aliphatic carbocycles. The lowest BCUT2D eigenvalue weighted by molar-refractivity contribution is -0.120. The molecule has 2 rings (SSSR count). The van der Waals surface area contributed by atoms with E-state index >= 15 is 0 Å². The van der Waals surface area contributed by atoms with Crippen LogP contribution in [0, 0.1) is 6.92 Å². The van der Waals surface area contributed by atoms with Crippen LogP contribution < -0.4 is 5.32 Å². The number of pyridine rings is 1. The molecule has 0 atom stereocenters. The SMILES string of the molecule is Cc1cccc(CC(=O)NCc2ccncc2)c1. The average Bonchev–Trinajstić information content (AvgIpc) is 2.38. The van der Waals surface area contributed by atoms with Gasteiger partial charge in [-0.1, -0.05) is 29.8 Å². The Kier molecular flexibility index (Phi) is 4.07. The van der Waals surface area contributed by atoms with Gasteiger partial charge in [0.15, 0.2) is 0 Å². The van der Waals surface area contributed by atoms with E-state index in [1.807, 2.05) is 43.3 Å². The number of hydrogen-bond acceptors (Lipinski definition) is 2. The molecule has 1 amide bonds. The van der Waals surface area contributed by atoms with Gasteiger partial charge in [0.1, 0.15) is 0 Å². The maximum atomic E-state index is 11.8. The van der Waals surface area contributed by atoms with Crippen LogP contribution in [0.1, 0.15) is 16.7 Å². The summed E-state index contributed by atoms with van der Waals surface area (Å²) in [6, 6.07) is 11.8. The molecular formula is C15H16N2O. The minimum atomic E-state index is 0.0393. The van der Waals surface area contributed by atoms with Gasteiger partial charge in [-0.2, -0.15) is 0 Å². The number of carbonyl (C=O) groups excluding carboxylic acids is 1. The van der Waals surface area contributed by atoms with Crippen molar-refractivity contribution in [3.05, 3.63) is 65.5 Å². The molecule has 3 heteroatoms.